The number of fused-ring (bicyclic) bond motifs is 1. The van der Waals surface area contributed by atoms with Crippen LogP contribution in [0.15, 0.2) is 24.7 Å². The van der Waals surface area contributed by atoms with E-state index >= 15 is 0 Å². The van der Waals surface area contributed by atoms with Gasteiger partial charge in [0.1, 0.15) is 12.1 Å². The maximum atomic E-state index is 12.6. The number of methoxy groups -OCH3 is 1. The highest BCUT2D eigenvalue weighted by molar-refractivity contribution is 5.94. The first-order valence-corrected chi connectivity index (χ1v) is 8.63. The van der Waals surface area contributed by atoms with Crippen LogP contribution in [0.25, 0.3) is 0 Å². The Balaban J connectivity index is 1.41. The Morgan fingerprint density at radius 1 is 1.28 bits per heavy atom. The molecular formula is C18H21N5O2. The van der Waals surface area contributed by atoms with Gasteiger partial charge in [-0.2, -0.15) is 0 Å². The van der Waals surface area contributed by atoms with Gasteiger partial charge in [0.05, 0.1) is 12.7 Å². The van der Waals surface area contributed by atoms with E-state index in [1.165, 1.54) is 5.56 Å². The average molecular weight is 339 g/mol. The number of nitrogens with zero attached hydrogens (tertiary/aromatic N) is 4. The third kappa shape index (κ3) is 3.14. The number of hydrogen-bond donors (Lipinski definition) is 1. The first kappa shape index (κ1) is 15.8. The Morgan fingerprint density at radius 2 is 2.20 bits per heavy atom. The van der Waals surface area contributed by atoms with Gasteiger partial charge in [0, 0.05) is 42.7 Å². The molecule has 0 saturated carbocycles. The van der Waals surface area contributed by atoms with Gasteiger partial charge in [0.15, 0.2) is 0 Å². The van der Waals surface area contributed by atoms with E-state index in [1.807, 2.05) is 4.90 Å². The van der Waals surface area contributed by atoms with Crippen molar-refractivity contribution < 1.29 is 9.53 Å². The van der Waals surface area contributed by atoms with E-state index in [1.54, 1.807) is 31.8 Å². The summed E-state index contributed by atoms with van der Waals surface area (Å²) < 4.78 is 5.04. The molecule has 1 N–H and O–H groups in total. The normalized spacial score (nSPS) is 18.9. The number of aryl methyl sites for hydroxylation is 1. The summed E-state index contributed by atoms with van der Waals surface area (Å²) in [5.74, 6) is 1.45. The van der Waals surface area contributed by atoms with E-state index in [9.17, 15) is 4.79 Å². The lowest BCUT2D eigenvalue weighted by Crippen LogP contribution is -2.32. The van der Waals surface area contributed by atoms with Gasteiger partial charge in [-0.25, -0.2) is 15.0 Å². The fourth-order valence-electron chi connectivity index (χ4n) is 3.55. The molecule has 1 atom stereocenters. The third-order valence-electron chi connectivity index (χ3n) is 4.88. The van der Waals surface area contributed by atoms with Gasteiger partial charge in [-0.1, -0.05) is 0 Å². The van der Waals surface area contributed by atoms with Crippen LogP contribution < -0.4 is 10.1 Å². The molecular weight excluding hydrogens is 318 g/mol. The van der Waals surface area contributed by atoms with E-state index in [2.05, 4.69) is 20.3 Å². The maximum Gasteiger partial charge on any atom is 0.255 e. The quantitative estimate of drug-likeness (QED) is 0.913. The molecule has 7 heteroatoms. The standard InChI is InChI=1S/C18H21N5O2/c1-25-16-6-5-12(9-19-16)18(24)23-8-7-13(10-23)22-17-14-3-2-4-15(14)20-11-21-17/h5-6,9,11,13H,2-4,7-8,10H2,1H3,(H,20,21,22). The first-order valence-electron chi connectivity index (χ1n) is 8.63. The summed E-state index contributed by atoms with van der Waals surface area (Å²) in [7, 11) is 1.56. The van der Waals surface area contributed by atoms with Crippen molar-refractivity contribution in [2.45, 2.75) is 31.7 Å². The highest BCUT2D eigenvalue weighted by Gasteiger charge is 2.28. The molecule has 3 heterocycles. The number of likely N-dealkylation sites (tertiary alicyclic amines) is 1. The Labute approximate surface area is 146 Å². The Kier molecular flexibility index (Phi) is 4.21. The molecule has 1 aliphatic heterocycles. The van der Waals surface area contributed by atoms with Gasteiger partial charge >= 0.3 is 0 Å². The summed E-state index contributed by atoms with van der Waals surface area (Å²) in [5, 5.41) is 3.52. The van der Waals surface area contributed by atoms with E-state index in [4.69, 9.17) is 4.74 Å². The van der Waals surface area contributed by atoms with E-state index in [0.29, 0.717) is 18.0 Å². The smallest absolute Gasteiger partial charge is 0.255 e. The van der Waals surface area contributed by atoms with Gasteiger partial charge < -0.3 is 15.0 Å². The molecule has 2 aliphatic rings. The van der Waals surface area contributed by atoms with Crippen LogP contribution >= 0.6 is 0 Å². The molecule has 0 bridgehead atoms. The number of pyridine rings is 1. The molecule has 1 aliphatic carbocycles. The van der Waals surface area contributed by atoms with Crippen molar-refractivity contribution in [2.24, 2.45) is 0 Å². The van der Waals surface area contributed by atoms with Crippen LogP contribution in [0.3, 0.4) is 0 Å². The molecule has 1 saturated heterocycles. The van der Waals surface area contributed by atoms with Gasteiger partial charge in [-0.05, 0) is 31.7 Å². The van der Waals surface area contributed by atoms with Crippen LogP contribution in [0.4, 0.5) is 5.82 Å². The first-order chi connectivity index (χ1) is 12.2. The van der Waals surface area contributed by atoms with Crippen LogP contribution in [0, 0.1) is 0 Å². The number of ether oxygens (including phenoxy) is 1. The molecule has 1 amide bonds. The van der Waals surface area contributed by atoms with Crippen molar-refractivity contribution in [2.75, 3.05) is 25.5 Å². The van der Waals surface area contributed by atoms with E-state index in [0.717, 1.165) is 43.7 Å². The number of aromatic nitrogens is 3. The van der Waals surface area contributed by atoms with Crippen molar-refractivity contribution in [3.8, 4) is 5.88 Å². The second-order valence-corrected chi connectivity index (χ2v) is 6.47. The van der Waals surface area contributed by atoms with E-state index in [-0.39, 0.29) is 11.9 Å². The molecule has 2 aromatic rings. The van der Waals surface area contributed by atoms with Crippen LogP contribution in [-0.4, -0.2) is 52.0 Å². The predicted octanol–water partition coefficient (Wildman–Crippen LogP) is 1.70. The number of anilines is 1. The molecule has 0 spiro atoms. The van der Waals surface area contributed by atoms with Crippen molar-refractivity contribution in [1.82, 2.24) is 19.9 Å². The van der Waals surface area contributed by atoms with E-state index < -0.39 is 0 Å². The van der Waals surface area contributed by atoms with Crippen molar-refractivity contribution in [3.05, 3.63) is 41.5 Å². The highest BCUT2D eigenvalue weighted by atomic mass is 16.5. The summed E-state index contributed by atoms with van der Waals surface area (Å²) in [6.07, 6.45) is 7.32. The van der Waals surface area contributed by atoms with Gasteiger partial charge in [-0.3, -0.25) is 4.79 Å². The van der Waals surface area contributed by atoms with Gasteiger partial charge in [0.25, 0.3) is 5.91 Å². The molecule has 0 radical (unpaired) electrons. The summed E-state index contributed by atoms with van der Waals surface area (Å²) >= 11 is 0. The second-order valence-electron chi connectivity index (χ2n) is 6.47. The Bertz CT molecular complexity index is 778. The van der Waals surface area contributed by atoms with Crippen LogP contribution in [0.5, 0.6) is 5.88 Å². The summed E-state index contributed by atoms with van der Waals surface area (Å²) in [6.45, 7) is 1.40. The monoisotopic (exact) mass is 339 g/mol. The number of amides is 1. The Morgan fingerprint density at radius 3 is 3.00 bits per heavy atom. The minimum absolute atomic E-state index is 0.00682. The van der Waals surface area contributed by atoms with Crippen LogP contribution in [0.1, 0.15) is 34.5 Å². The number of carbonyl (C=O) groups is 1. The fraction of sp³-hybridized carbons (Fsp3) is 0.444. The highest BCUT2D eigenvalue weighted by Crippen LogP contribution is 2.27. The Hall–Kier alpha value is -2.70. The predicted molar refractivity (Wildman–Crippen MR) is 92.8 cm³/mol. The molecule has 25 heavy (non-hydrogen) atoms. The molecule has 1 unspecified atom stereocenters. The number of nitrogens with one attached hydrogen (secondary N) is 1. The molecule has 7 nitrogen and oxygen atoms in total. The lowest BCUT2D eigenvalue weighted by atomic mass is 10.2. The molecule has 0 aromatic carbocycles. The number of carbonyl (C=O) groups excluding carboxylic acids is 1. The molecule has 130 valence electrons. The zero-order chi connectivity index (χ0) is 17.2. The largest absolute Gasteiger partial charge is 0.481 e. The van der Waals surface area contributed by atoms with Crippen molar-refractivity contribution in [1.29, 1.82) is 0 Å². The van der Waals surface area contributed by atoms with Crippen LogP contribution in [-0.2, 0) is 12.8 Å². The molecule has 2 aromatic heterocycles. The molecule has 4 rings (SSSR count). The fourth-order valence-corrected chi connectivity index (χ4v) is 3.55. The summed E-state index contributed by atoms with van der Waals surface area (Å²) in [4.78, 5) is 27.4. The minimum atomic E-state index is 0.00682. The van der Waals surface area contributed by atoms with Gasteiger partial charge in [-0.15, -0.1) is 0 Å². The number of hydrogen-bond acceptors (Lipinski definition) is 6. The molecule has 1 fully saturated rings. The summed E-state index contributed by atoms with van der Waals surface area (Å²) in [5.41, 5.74) is 2.99. The topological polar surface area (TPSA) is 80.2 Å². The third-order valence-corrected chi connectivity index (χ3v) is 4.88. The summed E-state index contributed by atoms with van der Waals surface area (Å²) in [6, 6.07) is 3.69. The lowest BCUT2D eigenvalue weighted by Gasteiger charge is -2.18. The second kappa shape index (κ2) is 6.66. The number of rotatable bonds is 4. The SMILES string of the molecule is COc1ccc(C(=O)N2CCC(Nc3ncnc4c3CCC4)C2)cn1. The van der Waals surface area contributed by atoms with Crippen molar-refractivity contribution in [3.63, 3.8) is 0 Å². The average Bonchev–Trinajstić information content (AvgIpc) is 3.31. The minimum Gasteiger partial charge on any atom is -0.481 e. The van der Waals surface area contributed by atoms with Crippen molar-refractivity contribution >= 4 is 11.7 Å². The zero-order valence-corrected chi connectivity index (χ0v) is 14.2. The van der Waals surface area contributed by atoms with Crippen LogP contribution in [0.2, 0.25) is 0 Å². The maximum absolute atomic E-state index is 12.6. The van der Waals surface area contributed by atoms with Gasteiger partial charge in [0.2, 0.25) is 5.88 Å². The lowest BCUT2D eigenvalue weighted by molar-refractivity contribution is 0.0791. The zero-order valence-electron chi connectivity index (χ0n) is 14.2.